The summed E-state index contributed by atoms with van der Waals surface area (Å²) in [6, 6.07) is 20.2. The highest BCUT2D eigenvalue weighted by atomic mass is 32.1. The molecule has 2 N–H and O–H groups in total. The third kappa shape index (κ3) is 3.88. The van der Waals surface area contributed by atoms with Crippen LogP contribution in [-0.4, -0.2) is 11.8 Å². The molecule has 0 aliphatic carbocycles. The molecular weight excluding hydrogens is 320 g/mol. The highest BCUT2D eigenvalue weighted by Crippen LogP contribution is 2.18. The van der Waals surface area contributed by atoms with Gasteiger partial charge in [0.2, 0.25) is 0 Å². The molecule has 5 heteroatoms. The molecule has 0 unspecified atom stereocenters. The Morgan fingerprint density at radius 2 is 1.58 bits per heavy atom. The number of para-hydroxylation sites is 1. The van der Waals surface area contributed by atoms with E-state index in [1.54, 1.807) is 30.3 Å². The Balaban J connectivity index is 1.71. The van der Waals surface area contributed by atoms with Gasteiger partial charge in [-0.05, 0) is 29.1 Å². The zero-order chi connectivity index (χ0) is 16.8. The first-order valence-corrected chi connectivity index (χ1v) is 8.38. The maximum absolute atomic E-state index is 12.4. The zero-order valence-corrected chi connectivity index (χ0v) is 13.7. The molecule has 3 aromatic rings. The predicted octanol–water partition coefficient (Wildman–Crippen LogP) is 3.93. The van der Waals surface area contributed by atoms with E-state index in [2.05, 4.69) is 10.6 Å². The Labute approximate surface area is 144 Å². The second-order valence-electron chi connectivity index (χ2n) is 5.15. The Hall–Kier alpha value is -2.92. The van der Waals surface area contributed by atoms with Gasteiger partial charge >= 0.3 is 0 Å². The molecule has 0 bridgehead atoms. The molecule has 0 fully saturated rings. The average Bonchev–Trinajstić information content (AvgIpc) is 3.16. The van der Waals surface area contributed by atoms with Crippen LogP contribution in [0.1, 0.15) is 25.6 Å². The number of rotatable bonds is 5. The molecule has 24 heavy (non-hydrogen) atoms. The SMILES string of the molecule is O=C(Nc1ccccc1C(=O)NCc1ccccc1)c1cccs1. The molecule has 0 saturated heterocycles. The van der Waals surface area contributed by atoms with E-state index in [9.17, 15) is 9.59 Å². The van der Waals surface area contributed by atoms with Gasteiger partial charge in [-0.25, -0.2) is 0 Å². The predicted molar refractivity (Wildman–Crippen MR) is 96.3 cm³/mol. The molecular formula is C19H16N2O2S. The van der Waals surface area contributed by atoms with Crippen molar-refractivity contribution in [3.63, 3.8) is 0 Å². The van der Waals surface area contributed by atoms with Crippen molar-refractivity contribution >= 4 is 28.8 Å². The number of benzene rings is 2. The minimum atomic E-state index is -0.221. The number of carbonyl (C=O) groups excluding carboxylic acids is 2. The maximum Gasteiger partial charge on any atom is 0.265 e. The number of nitrogens with one attached hydrogen (secondary N) is 2. The van der Waals surface area contributed by atoms with Crippen LogP contribution in [0.25, 0.3) is 0 Å². The summed E-state index contributed by atoms with van der Waals surface area (Å²) in [7, 11) is 0. The lowest BCUT2D eigenvalue weighted by atomic mass is 10.1. The van der Waals surface area contributed by atoms with Crippen LogP contribution in [0.5, 0.6) is 0 Å². The van der Waals surface area contributed by atoms with Crippen molar-refractivity contribution in [2.45, 2.75) is 6.54 Å². The van der Waals surface area contributed by atoms with Crippen molar-refractivity contribution < 1.29 is 9.59 Å². The molecule has 3 rings (SSSR count). The van der Waals surface area contributed by atoms with Crippen molar-refractivity contribution in [2.75, 3.05) is 5.32 Å². The van der Waals surface area contributed by atoms with Crippen LogP contribution >= 0.6 is 11.3 Å². The molecule has 120 valence electrons. The van der Waals surface area contributed by atoms with Gasteiger partial charge in [-0.3, -0.25) is 9.59 Å². The molecule has 0 radical (unpaired) electrons. The minimum absolute atomic E-state index is 0.215. The molecule has 1 aromatic heterocycles. The van der Waals surface area contributed by atoms with Crippen molar-refractivity contribution in [3.05, 3.63) is 88.1 Å². The summed E-state index contributed by atoms with van der Waals surface area (Å²) in [6.45, 7) is 0.437. The molecule has 0 aliphatic heterocycles. The largest absolute Gasteiger partial charge is 0.348 e. The smallest absolute Gasteiger partial charge is 0.265 e. The summed E-state index contributed by atoms with van der Waals surface area (Å²) in [5, 5.41) is 7.52. The monoisotopic (exact) mass is 336 g/mol. The fourth-order valence-corrected chi connectivity index (χ4v) is 2.87. The van der Waals surface area contributed by atoms with Crippen molar-refractivity contribution in [2.24, 2.45) is 0 Å². The molecule has 4 nitrogen and oxygen atoms in total. The van der Waals surface area contributed by atoms with Gasteiger partial charge in [0.25, 0.3) is 11.8 Å². The minimum Gasteiger partial charge on any atom is -0.348 e. The van der Waals surface area contributed by atoms with E-state index >= 15 is 0 Å². The molecule has 2 aromatic carbocycles. The van der Waals surface area contributed by atoms with E-state index < -0.39 is 0 Å². The zero-order valence-electron chi connectivity index (χ0n) is 12.9. The van der Waals surface area contributed by atoms with E-state index in [-0.39, 0.29) is 11.8 Å². The summed E-state index contributed by atoms with van der Waals surface area (Å²) >= 11 is 1.36. The molecule has 0 spiro atoms. The number of thiophene rings is 1. The van der Waals surface area contributed by atoms with Gasteiger partial charge in [0.05, 0.1) is 16.1 Å². The Morgan fingerprint density at radius 1 is 0.833 bits per heavy atom. The summed E-state index contributed by atoms with van der Waals surface area (Å²) in [5.74, 6) is -0.436. The fourth-order valence-electron chi connectivity index (χ4n) is 2.26. The summed E-state index contributed by atoms with van der Waals surface area (Å²) < 4.78 is 0. The highest BCUT2D eigenvalue weighted by Gasteiger charge is 2.14. The van der Waals surface area contributed by atoms with Gasteiger partial charge in [-0.1, -0.05) is 48.5 Å². The third-order valence-corrected chi connectivity index (χ3v) is 4.33. The first-order valence-electron chi connectivity index (χ1n) is 7.50. The van der Waals surface area contributed by atoms with Crippen LogP contribution < -0.4 is 10.6 Å². The molecule has 0 saturated carbocycles. The molecule has 1 heterocycles. The van der Waals surface area contributed by atoms with Crippen LogP contribution in [0.15, 0.2) is 72.1 Å². The number of carbonyl (C=O) groups is 2. The van der Waals surface area contributed by atoms with Gasteiger partial charge in [-0.15, -0.1) is 11.3 Å². The van der Waals surface area contributed by atoms with E-state index in [1.807, 2.05) is 41.8 Å². The van der Waals surface area contributed by atoms with E-state index in [0.29, 0.717) is 22.7 Å². The van der Waals surface area contributed by atoms with E-state index in [4.69, 9.17) is 0 Å². The maximum atomic E-state index is 12.4. The van der Waals surface area contributed by atoms with E-state index in [0.717, 1.165) is 5.56 Å². The average molecular weight is 336 g/mol. The van der Waals surface area contributed by atoms with Gasteiger partial charge in [0, 0.05) is 6.54 Å². The Kier molecular flexibility index (Phi) is 5.03. The van der Waals surface area contributed by atoms with Gasteiger partial charge < -0.3 is 10.6 Å². The Bertz CT molecular complexity index is 830. The topological polar surface area (TPSA) is 58.2 Å². The lowest BCUT2D eigenvalue weighted by Crippen LogP contribution is -2.24. The summed E-state index contributed by atoms with van der Waals surface area (Å²) in [6.07, 6.45) is 0. The number of amides is 2. The van der Waals surface area contributed by atoms with Gasteiger partial charge in [0.1, 0.15) is 0 Å². The van der Waals surface area contributed by atoms with Crippen LogP contribution in [0.2, 0.25) is 0 Å². The van der Waals surface area contributed by atoms with Crippen LogP contribution in [-0.2, 0) is 6.54 Å². The van der Waals surface area contributed by atoms with Gasteiger partial charge in [-0.2, -0.15) is 0 Å². The third-order valence-electron chi connectivity index (χ3n) is 3.46. The number of anilines is 1. The molecule has 0 aliphatic rings. The normalized spacial score (nSPS) is 10.2. The number of hydrogen-bond donors (Lipinski definition) is 2. The summed E-state index contributed by atoms with van der Waals surface area (Å²) in [5.41, 5.74) is 1.96. The second kappa shape index (κ2) is 7.57. The molecule has 0 atom stereocenters. The number of hydrogen-bond acceptors (Lipinski definition) is 3. The van der Waals surface area contributed by atoms with Crippen LogP contribution in [0, 0.1) is 0 Å². The van der Waals surface area contributed by atoms with E-state index in [1.165, 1.54) is 11.3 Å². The Morgan fingerprint density at radius 3 is 2.33 bits per heavy atom. The summed E-state index contributed by atoms with van der Waals surface area (Å²) in [4.78, 5) is 25.2. The van der Waals surface area contributed by atoms with Crippen molar-refractivity contribution in [3.8, 4) is 0 Å². The van der Waals surface area contributed by atoms with Crippen LogP contribution in [0.3, 0.4) is 0 Å². The molecule has 2 amide bonds. The standard InChI is InChI=1S/C19H16N2O2S/c22-18(20-13-14-7-2-1-3-8-14)15-9-4-5-10-16(15)21-19(23)17-11-6-12-24-17/h1-12H,13H2,(H,20,22)(H,21,23). The highest BCUT2D eigenvalue weighted by molar-refractivity contribution is 7.12. The van der Waals surface area contributed by atoms with Crippen molar-refractivity contribution in [1.29, 1.82) is 0 Å². The van der Waals surface area contributed by atoms with Crippen LogP contribution in [0.4, 0.5) is 5.69 Å². The lowest BCUT2D eigenvalue weighted by Gasteiger charge is -2.11. The second-order valence-corrected chi connectivity index (χ2v) is 6.09. The quantitative estimate of drug-likeness (QED) is 0.742. The first-order chi connectivity index (χ1) is 11.7. The first kappa shape index (κ1) is 16.0. The van der Waals surface area contributed by atoms with Gasteiger partial charge in [0.15, 0.2) is 0 Å². The fraction of sp³-hybridized carbons (Fsp3) is 0.0526. The lowest BCUT2D eigenvalue weighted by molar-refractivity contribution is 0.0952. The van der Waals surface area contributed by atoms with Crippen molar-refractivity contribution in [1.82, 2.24) is 5.32 Å².